The topological polar surface area (TPSA) is 91.8 Å². The van der Waals surface area contributed by atoms with E-state index in [-0.39, 0.29) is 42.4 Å². The first-order chi connectivity index (χ1) is 20.0. The summed E-state index contributed by atoms with van der Waals surface area (Å²) in [5.74, 6) is -0.298. The molecule has 0 saturated heterocycles. The van der Waals surface area contributed by atoms with Gasteiger partial charge in [0.1, 0.15) is 17.9 Å². The maximum absolute atomic E-state index is 12.9. The minimum atomic E-state index is -0.433. The lowest BCUT2D eigenvalue weighted by Crippen LogP contribution is -2.37. The van der Waals surface area contributed by atoms with Crippen LogP contribution in [-0.4, -0.2) is 43.3 Å². The number of rotatable bonds is 9. The van der Waals surface area contributed by atoms with E-state index in [2.05, 4.69) is 10.3 Å². The zero-order valence-electron chi connectivity index (χ0n) is 24.1. The molecule has 11 heteroatoms. The Labute approximate surface area is 266 Å². The van der Waals surface area contributed by atoms with Gasteiger partial charge >= 0.3 is 0 Å². The van der Waals surface area contributed by atoms with Crippen LogP contribution in [0.4, 0.5) is 11.4 Å². The minimum Gasteiger partial charge on any atom is -0.487 e. The second-order valence-corrected chi connectivity index (χ2v) is 10.4. The molecule has 8 nitrogen and oxygen atoms in total. The van der Waals surface area contributed by atoms with E-state index in [0.29, 0.717) is 22.0 Å². The van der Waals surface area contributed by atoms with E-state index < -0.39 is 5.91 Å². The van der Waals surface area contributed by atoms with Crippen LogP contribution in [-0.2, 0) is 21.0 Å². The average molecular weight is 642 g/mol. The molecule has 0 spiro atoms. The fourth-order valence-electron chi connectivity index (χ4n) is 4.10. The summed E-state index contributed by atoms with van der Waals surface area (Å²) >= 11 is 13.2. The van der Waals surface area contributed by atoms with Crippen LogP contribution in [0.3, 0.4) is 0 Å². The largest absolute Gasteiger partial charge is 0.487 e. The molecule has 1 heterocycles. The smallest absolute Gasteiger partial charge is 0.246 e. The standard InChI is InChI=1S/C32H30Cl2N4O4.ClH/c1-20-8-12-23-6-5-7-28(32(23)36-20)42-19-25-26(33)15-16-27(31(25)34)38(4)30(41)18-35-29(40)17-11-22-9-13-24(14-10-22)37(3)21(2)39;/h5-17H,18-19H2,1-4H3,(H,35,40);1H. The van der Waals surface area contributed by atoms with Crippen LogP contribution in [0.15, 0.2) is 72.8 Å². The fraction of sp³-hybridized carbons (Fsp3) is 0.188. The van der Waals surface area contributed by atoms with Crippen molar-refractivity contribution < 1.29 is 19.1 Å². The number of fused-ring (bicyclic) bond motifs is 1. The Morgan fingerprint density at radius 1 is 0.953 bits per heavy atom. The molecule has 3 amide bonds. The number of hydrogen-bond acceptors (Lipinski definition) is 5. The van der Waals surface area contributed by atoms with Crippen molar-refractivity contribution in [3.8, 4) is 5.75 Å². The van der Waals surface area contributed by atoms with Crippen molar-refractivity contribution in [2.75, 3.05) is 30.4 Å². The van der Waals surface area contributed by atoms with E-state index in [1.54, 1.807) is 56.6 Å². The molecule has 0 saturated carbocycles. The molecule has 0 radical (unpaired) electrons. The maximum Gasteiger partial charge on any atom is 0.246 e. The Balaban J connectivity index is 0.00000506. The maximum atomic E-state index is 12.9. The molecule has 3 aromatic carbocycles. The molecule has 0 aliphatic carbocycles. The van der Waals surface area contributed by atoms with Crippen molar-refractivity contribution in [2.45, 2.75) is 20.5 Å². The number of carbonyl (C=O) groups excluding carboxylic acids is 3. The minimum absolute atomic E-state index is 0. The summed E-state index contributed by atoms with van der Waals surface area (Å²) in [6, 6.07) is 20.0. The van der Waals surface area contributed by atoms with Crippen molar-refractivity contribution in [2.24, 2.45) is 0 Å². The third-order valence-electron chi connectivity index (χ3n) is 6.69. The molecule has 4 aromatic rings. The lowest BCUT2D eigenvalue weighted by molar-refractivity contribution is -0.122. The lowest BCUT2D eigenvalue weighted by Gasteiger charge is -2.21. The van der Waals surface area contributed by atoms with Crippen LogP contribution in [0.25, 0.3) is 17.0 Å². The Morgan fingerprint density at radius 3 is 2.37 bits per heavy atom. The molecular formula is C32H31Cl3N4O4. The van der Waals surface area contributed by atoms with Crippen LogP contribution >= 0.6 is 35.6 Å². The van der Waals surface area contributed by atoms with E-state index in [4.69, 9.17) is 27.9 Å². The Kier molecular flexibility index (Phi) is 11.5. The number of aryl methyl sites for hydroxylation is 1. The van der Waals surface area contributed by atoms with Crippen LogP contribution in [0, 0.1) is 6.92 Å². The number of hydrogen-bond donors (Lipinski definition) is 1. The molecule has 0 aliphatic heterocycles. The third kappa shape index (κ3) is 8.26. The van der Waals surface area contributed by atoms with Crippen molar-refractivity contribution in [1.29, 1.82) is 0 Å². The van der Waals surface area contributed by atoms with Gasteiger partial charge in [0.25, 0.3) is 0 Å². The number of amides is 3. The summed E-state index contributed by atoms with van der Waals surface area (Å²) in [7, 11) is 3.26. The van der Waals surface area contributed by atoms with Crippen molar-refractivity contribution in [3.05, 3.63) is 99.7 Å². The van der Waals surface area contributed by atoms with Gasteiger partial charge in [-0.25, -0.2) is 4.98 Å². The van der Waals surface area contributed by atoms with Gasteiger partial charge in [0.15, 0.2) is 0 Å². The Morgan fingerprint density at radius 2 is 1.67 bits per heavy atom. The summed E-state index contributed by atoms with van der Waals surface area (Å²) < 4.78 is 6.07. The van der Waals surface area contributed by atoms with E-state index in [9.17, 15) is 14.4 Å². The van der Waals surface area contributed by atoms with Crippen molar-refractivity contribution in [3.63, 3.8) is 0 Å². The lowest BCUT2D eigenvalue weighted by atomic mass is 10.1. The molecule has 0 fully saturated rings. The van der Waals surface area contributed by atoms with E-state index in [1.807, 2.05) is 37.3 Å². The SMILES string of the molecule is CC(=O)N(C)c1ccc(C=CC(=O)NCC(=O)N(C)c2ccc(Cl)c(COc3cccc4ccc(C)nc34)c2Cl)cc1.Cl. The predicted octanol–water partition coefficient (Wildman–Crippen LogP) is 6.63. The number of nitrogens with zero attached hydrogens (tertiary/aromatic N) is 3. The summed E-state index contributed by atoms with van der Waals surface area (Å²) in [6.45, 7) is 3.22. The predicted molar refractivity (Wildman–Crippen MR) is 176 cm³/mol. The van der Waals surface area contributed by atoms with E-state index in [0.717, 1.165) is 27.8 Å². The number of pyridine rings is 1. The van der Waals surface area contributed by atoms with Crippen LogP contribution in [0.2, 0.25) is 10.0 Å². The second kappa shape index (κ2) is 14.9. The van der Waals surface area contributed by atoms with Gasteiger partial charge in [-0.2, -0.15) is 0 Å². The fourth-order valence-corrected chi connectivity index (χ4v) is 4.70. The highest BCUT2D eigenvalue weighted by Crippen LogP contribution is 2.35. The summed E-state index contributed by atoms with van der Waals surface area (Å²) in [5, 5.41) is 4.20. The summed E-state index contributed by atoms with van der Waals surface area (Å²) in [6.07, 6.45) is 2.96. The molecule has 43 heavy (non-hydrogen) atoms. The van der Waals surface area contributed by atoms with Gasteiger partial charge in [0.05, 0.1) is 17.3 Å². The molecule has 1 aromatic heterocycles. The van der Waals surface area contributed by atoms with E-state index in [1.165, 1.54) is 22.8 Å². The summed E-state index contributed by atoms with van der Waals surface area (Å²) in [5.41, 5.74) is 4.06. The summed E-state index contributed by atoms with van der Waals surface area (Å²) in [4.78, 5) is 44.2. The highest BCUT2D eigenvalue weighted by atomic mass is 35.5. The number of anilines is 2. The van der Waals surface area contributed by atoms with Gasteiger partial charge in [-0.05, 0) is 55.0 Å². The van der Waals surface area contributed by atoms with Crippen LogP contribution < -0.4 is 19.9 Å². The van der Waals surface area contributed by atoms with Gasteiger partial charge in [0.2, 0.25) is 17.7 Å². The molecule has 224 valence electrons. The number of ether oxygens (including phenoxy) is 1. The van der Waals surface area contributed by atoms with Gasteiger partial charge in [-0.15, -0.1) is 12.4 Å². The Hall–Kier alpha value is -4.11. The zero-order valence-corrected chi connectivity index (χ0v) is 26.4. The van der Waals surface area contributed by atoms with Gasteiger partial charge in [0, 0.05) is 54.4 Å². The van der Waals surface area contributed by atoms with Crippen LogP contribution in [0.5, 0.6) is 5.75 Å². The van der Waals surface area contributed by atoms with Crippen molar-refractivity contribution in [1.82, 2.24) is 10.3 Å². The quantitative estimate of drug-likeness (QED) is 0.207. The van der Waals surface area contributed by atoms with Gasteiger partial charge < -0.3 is 19.9 Å². The zero-order chi connectivity index (χ0) is 30.4. The number of nitrogens with one attached hydrogen (secondary N) is 1. The number of halogens is 3. The number of carbonyl (C=O) groups is 3. The number of para-hydroxylation sites is 1. The molecular weight excluding hydrogens is 611 g/mol. The van der Waals surface area contributed by atoms with Gasteiger partial charge in [-0.3, -0.25) is 14.4 Å². The molecule has 0 aliphatic rings. The highest BCUT2D eigenvalue weighted by Gasteiger charge is 2.19. The first-order valence-electron chi connectivity index (χ1n) is 13.1. The first-order valence-corrected chi connectivity index (χ1v) is 13.8. The van der Waals surface area contributed by atoms with Crippen LogP contribution in [0.1, 0.15) is 23.7 Å². The molecule has 1 N–H and O–H groups in total. The average Bonchev–Trinajstić information content (AvgIpc) is 2.98. The monoisotopic (exact) mass is 640 g/mol. The van der Waals surface area contributed by atoms with E-state index >= 15 is 0 Å². The molecule has 0 bridgehead atoms. The normalized spacial score (nSPS) is 10.7. The van der Waals surface area contributed by atoms with Crippen molar-refractivity contribution >= 4 is 81.7 Å². The molecule has 0 atom stereocenters. The first kappa shape index (κ1) is 33.4. The highest BCUT2D eigenvalue weighted by molar-refractivity contribution is 6.38. The number of likely N-dealkylation sites (N-methyl/N-ethyl adjacent to an activating group) is 1. The van der Waals surface area contributed by atoms with Gasteiger partial charge in [-0.1, -0.05) is 53.5 Å². The molecule has 0 unspecified atom stereocenters. The molecule has 4 rings (SSSR count). The number of benzene rings is 3. The third-order valence-corrected chi connectivity index (χ3v) is 7.47. The number of aromatic nitrogens is 1. The second-order valence-electron chi connectivity index (χ2n) is 9.60. The Bertz CT molecular complexity index is 1680.